The maximum atomic E-state index is 12.6. The average molecular weight is 413 g/mol. The standard InChI is InChI=1S/C15H18F3NO7S/c1-5-11(20)24-12-9(19-13(21)25-14(2,3)4)7-6-8-10(12)26-27(22,23)15(16,17)18/h6-8H,5H2,1-4H3,(H,19,21). The minimum Gasteiger partial charge on any atom is -0.444 e. The number of hydrogen-bond acceptors (Lipinski definition) is 7. The number of halogens is 3. The summed E-state index contributed by atoms with van der Waals surface area (Å²) in [5.41, 5.74) is -6.91. The largest absolute Gasteiger partial charge is 0.534 e. The van der Waals surface area contributed by atoms with Crippen molar-refractivity contribution in [2.45, 2.75) is 45.2 Å². The van der Waals surface area contributed by atoms with Crippen molar-refractivity contribution < 1.29 is 44.8 Å². The summed E-state index contributed by atoms with van der Waals surface area (Å²) in [5.74, 6) is -2.53. The lowest BCUT2D eigenvalue weighted by molar-refractivity contribution is -0.134. The van der Waals surface area contributed by atoms with Gasteiger partial charge in [0.05, 0.1) is 5.69 Å². The smallest absolute Gasteiger partial charge is 0.444 e. The molecule has 0 radical (unpaired) electrons. The number of hydrogen-bond donors (Lipinski definition) is 1. The quantitative estimate of drug-likeness (QED) is 0.340. The molecule has 0 heterocycles. The molecule has 0 aromatic heterocycles. The predicted molar refractivity (Wildman–Crippen MR) is 87.8 cm³/mol. The molecule has 0 spiro atoms. The van der Waals surface area contributed by atoms with Crippen molar-refractivity contribution in [1.29, 1.82) is 0 Å². The third-order valence-corrected chi connectivity index (χ3v) is 3.57. The highest BCUT2D eigenvalue weighted by atomic mass is 32.2. The predicted octanol–water partition coefficient (Wildman–Crippen LogP) is 3.58. The van der Waals surface area contributed by atoms with Crippen LogP contribution in [-0.2, 0) is 19.6 Å². The van der Waals surface area contributed by atoms with E-state index in [1.807, 2.05) is 0 Å². The monoisotopic (exact) mass is 413 g/mol. The van der Waals surface area contributed by atoms with Crippen LogP contribution in [-0.4, -0.2) is 31.6 Å². The fourth-order valence-electron chi connectivity index (χ4n) is 1.55. The summed E-state index contributed by atoms with van der Waals surface area (Å²) in [4.78, 5) is 23.4. The highest BCUT2D eigenvalue weighted by Gasteiger charge is 2.49. The molecule has 0 aliphatic rings. The molecule has 1 aromatic rings. The molecule has 1 N–H and O–H groups in total. The van der Waals surface area contributed by atoms with E-state index in [1.54, 1.807) is 20.8 Å². The Morgan fingerprint density at radius 1 is 1.15 bits per heavy atom. The molecule has 1 aromatic carbocycles. The van der Waals surface area contributed by atoms with Gasteiger partial charge in [-0.1, -0.05) is 13.0 Å². The van der Waals surface area contributed by atoms with Gasteiger partial charge in [0.25, 0.3) is 0 Å². The summed E-state index contributed by atoms with van der Waals surface area (Å²) in [6, 6.07) is 3.09. The second-order valence-electron chi connectivity index (χ2n) is 6.07. The molecular formula is C15H18F3NO7S. The number of rotatable bonds is 5. The van der Waals surface area contributed by atoms with Crippen molar-refractivity contribution in [1.82, 2.24) is 0 Å². The molecular weight excluding hydrogens is 395 g/mol. The van der Waals surface area contributed by atoms with Gasteiger partial charge >= 0.3 is 27.7 Å². The van der Waals surface area contributed by atoms with E-state index < -0.39 is 44.8 Å². The molecule has 0 fully saturated rings. The van der Waals surface area contributed by atoms with Crippen molar-refractivity contribution in [2.75, 3.05) is 5.32 Å². The molecule has 0 aliphatic heterocycles. The zero-order valence-electron chi connectivity index (χ0n) is 14.8. The van der Waals surface area contributed by atoms with Gasteiger partial charge in [0.1, 0.15) is 5.60 Å². The Morgan fingerprint density at radius 2 is 1.74 bits per heavy atom. The Balaban J connectivity index is 3.32. The fourth-order valence-corrected chi connectivity index (χ4v) is 2.01. The molecule has 8 nitrogen and oxygen atoms in total. The van der Waals surface area contributed by atoms with E-state index in [1.165, 1.54) is 6.92 Å². The lowest BCUT2D eigenvalue weighted by Gasteiger charge is -2.21. The number of alkyl halides is 3. The Morgan fingerprint density at radius 3 is 2.22 bits per heavy atom. The first-order valence-corrected chi connectivity index (χ1v) is 8.91. The van der Waals surface area contributed by atoms with E-state index in [9.17, 15) is 31.2 Å². The number of benzene rings is 1. The summed E-state index contributed by atoms with van der Waals surface area (Å²) in [7, 11) is -6.03. The van der Waals surface area contributed by atoms with Gasteiger partial charge in [0.2, 0.25) is 0 Å². The van der Waals surface area contributed by atoms with Crippen molar-refractivity contribution in [3.8, 4) is 11.5 Å². The summed E-state index contributed by atoms with van der Waals surface area (Å²) < 4.78 is 74.1. The van der Waals surface area contributed by atoms with Crippen LogP contribution in [0.25, 0.3) is 0 Å². The number of anilines is 1. The number of amides is 1. The molecule has 1 rings (SSSR count). The SMILES string of the molecule is CCC(=O)Oc1c(NC(=O)OC(C)(C)C)cccc1OS(=O)(=O)C(F)(F)F. The van der Waals surface area contributed by atoms with E-state index in [2.05, 4.69) is 9.50 Å². The maximum Gasteiger partial charge on any atom is 0.534 e. The minimum atomic E-state index is -6.03. The molecule has 12 heteroatoms. The van der Waals surface area contributed by atoms with E-state index in [0.717, 1.165) is 18.2 Å². The van der Waals surface area contributed by atoms with Gasteiger partial charge in [0.15, 0.2) is 11.5 Å². The first-order chi connectivity index (χ1) is 12.2. The molecule has 0 atom stereocenters. The number of para-hydroxylation sites is 1. The summed E-state index contributed by atoms with van der Waals surface area (Å²) in [6.07, 6.45) is -1.18. The van der Waals surface area contributed by atoms with Crippen molar-refractivity contribution in [3.05, 3.63) is 18.2 Å². The third-order valence-electron chi connectivity index (χ3n) is 2.60. The minimum absolute atomic E-state index is 0.174. The molecule has 0 saturated heterocycles. The number of carbonyl (C=O) groups is 2. The van der Waals surface area contributed by atoms with Crippen LogP contribution in [0.15, 0.2) is 18.2 Å². The van der Waals surface area contributed by atoms with Gasteiger partial charge in [0, 0.05) is 6.42 Å². The van der Waals surface area contributed by atoms with Gasteiger partial charge in [-0.15, -0.1) is 0 Å². The van der Waals surface area contributed by atoms with Crippen molar-refractivity contribution >= 4 is 27.9 Å². The Kier molecular flexibility index (Phi) is 6.70. The lowest BCUT2D eigenvalue weighted by Crippen LogP contribution is -2.29. The van der Waals surface area contributed by atoms with Gasteiger partial charge < -0.3 is 13.7 Å². The van der Waals surface area contributed by atoms with Crippen LogP contribution >= 0.6 is 0 Å². The first kappa shape index (κ1) is 22.5. The van der Waals surface area contributed by atoms with Crippen molar-refractivity contribution in [2.24, 2.45) is 0 Å². The van der Waals surface area contributed by atoms with Crippen LogP contribution in [0.2, 0.25) is 0 Å². The van der Waals surface area contributed by atoms with Crippen molar-refractivity contribution in [3.63, 3.8) is 0 Å². The molecule has 0 unspecified atom stereocenters. The average Bonchev–Trinajstić information content (AvgIpc) is 2.46. The summed E-state index contributed by atoms with van der Waals surface area (Å²) >= 11 is 0. The van der Waals surface area contributed by atoms with E-state index >= 15 is 0 Å². The van der Waals surface area contributed by atoms with Crippen LogP contribution in [0.4, 0.5) is 23.7 Å². The van der Waals surface area contributed by atoms with Gasteiger partial charge in [-0.3, -0.25) is 10.1 Å². The number of ether oxygens (including phenoxy) is 2. The normalized spacial score (nSPS) is 12.3. The zero-order valence-corrected chi connectivity index (χ0v) is 15.7. The van der Waals surface area contributed by atoms with Crippen LogP contribution in [0.1, 0.15) is 34.1 Å². The van der Waals surface area contributed by atoms with Gasteiger partial charge in [-0.2, -0.15) is 21.6 Å². The molecule has 152 valence electrons. The maximum absolute atomic E-state index is 12.6. The molecule has 0 aliphatic carbocycles. The van der Waals surface area contributed by atoms with E-state index in [0.29, 0.717) is 0 Å². The molecule has 0 bridgehead atoms. The van der Waals surface area contributed by atoms with Gasteiger partial charge in [-0.05, 0) is 32.9 Å². The second-order valence-corrected chi connectivity index (χ2v) is 7.61. The number of nitrogens with one attached hydrogen (secondary N) is 1. The van der Waals surface area contributed by atoms with Gasteiger partial charge in [-0.25, -0.2) is 4.79 Å². The molecule has 0 saturated carbocycles. The Hall–Kier alpha value is -2.50. The van der Waals surface area contributed by atoms with E-state index in [-0.39, 0.29) is 12.1 Å². The van der Waals surface area contributed by atoms with Crippen LogP contribution < -0.4 is 14.2 Å². The highest BCUT2D eigenvalue weighted by molar-refractivity contribution is 7.88. The third kappa shape index (κ3) is 6.62. The first-order valence-electron chi connectivity index (χ1n) is 7.50. The van der Waals surface area contributed by atoms with Crippen LogP contribution in [0, 0.1) is 0 Å². The Bertz CT molecular complexity index is 814. The number of carbonyl (C=O) groups excluding carboxylic acids is 2. The zero-order chi connectivity index (χ0) is 21.0. The lowest BCUT2D eigenvalue weighted by atomic mass is 10.2. The van der Waals surface area contributed by atoms with Crippen LogP contribution in [0.3, 0.4) is 0 Å². The number of esters is 1. The topological polar surface area (TPSA) is 108 Å². The fraction of sp³-hybridized carbons (Fsp3) is 0.467. The summed E-state index contributed by atoms with van der Waals surface area (Å²) in [6.45, 7) is 6.11. The molecule has 1 amide bonds. The van der Waals surface area contributed by atoms with Crippen LogP contribution in [0.5, 0.6) is 11.5 Å². The second kappa shape index (κ2) is 8.03. The molecule has 27 heavy (non-hydrogen) atoms. The summed E-state index contributed by atoms with van der Waals surface area (Å²) in [5, 5.41) is 2.17. The highest BCUT2D eigenvalue weighted by Crippen LogP contribution is 2.39. The van der Waals surface area contributed by atoms with E-state index in [4.69, 9.17) is 9.47 Å². The Labute approximate surface area is 153 Å².